The maximum Gasteiger partial charge on any atom is 0.306 e. The molecule has 0 unspecified atom stereocenters. The summed E-state index contributed by atoms with van der Waals surface area (Å²) in [6, 6.07) is 2.94. The van der Waals surface area contributed by atoms with E-state index in [4.69, 9.17) is 4.42 Å². The second-order valence-corrected chi connectivity index (χ2v) is 5.25. The van der Waals surface area contributed by atoms with Gasteiger partial charge in [-0.1, -0.05) is 0 Å². The molecular formula is C10H16N2O5S. The van der Waals surface area contributed by atoms with Crippen LogP contribution in [-0.4, -0.2) is 35.1 Å². The molecule has 0 aliphatic heterocycles. The zero-order valence-corrected chi connectivity index (χ0v) is 11.0. The fourth-order valence-corrected chi connectivity index (χ4v) is 1.87. The topological polar surface area (TPSA) is 97.6 Å². The summed E-state index contributed by atoms with van der Waals surface area (Å²) in [6.45, 7) is 0.776. The van der Waals surface area contributed by atoms with Gasteiger partial charge in [-0.15, -0.1) is 0 Å². The van der Waals surface area contributed by atoms with Gasteiger partial charge >= 0.3 is 5.97 Å². The van der Waals surface area contributed by atoms with E-state index >= 15 is 0 Å². The van der Waals surface area contributed by atoms with E-state index in [9.17, 15) is 13.2 Å². The van der Waals surface area contributed by atoms with Crippen molar-refractivity contribution in [2.75, 3.05) is 20.7 Å². The third kappa shape index (κ3) is 4.13. The molecule has 0 saturated carbocycles. The minimum absolute atomic E-state index is 0.130. The highest BCUT2D eigenvalue weighted by Gasteiger charge is 2.15. The molecule has 2 N–H and O–H groups in total. The molecule has 1 rings (SSSR count). The first-order valence-electron chi connectivity index (χ1n) is 5.29. The molecule has 1 heterocycles. The number of carbonyl (C=O) groups is 1. The van der Waals surface area contributed by atoms with Crippen LogP contribution in [0.25, 0.3) is 0 Å². The average Bonchev–Trinajstić information content (AvgIpc) is 2.83. The average molecular weight is 276 g/mol. The van der Waals surface area contributed by atoms with Gasteiger partial charge in [-0.2, -0.15) is 0 Å². The van der Waals surface area contributed by atoms with E-state index in [1.807, 2.05) is 0 Å². The van der Waals surface area contributed by atoms with Crippen LogP contribution in [0.1, 0.15) is 12.2 Å². The molecular weight excluding hydrogens is 260 g/mol. The molecule has 0 bridgehead atoms. The number of hydrogen-bond acceptors (Lipinski definition) is 6. The van der Waals surface area contributed by atoms with Crippen LogP contribution in [0.2, 0.25) is 0 Å². The van der Waals surface area contributed by atoms with Gasteiger partial charge in [0.1, 0.15) is 5.76 Å². The summed E-state index contributed by atoms with van der Waals surface area (Å²) in [5.74, 6) is 0.175. The Bertz CT molecular complexity index is 494. The molecule has 8 heteroatoms. The summed E-state index contributed by atoms with van der Waals surface area (Å²) in [5, 5.41) is 2.81. The van der Waals surface area contributed by atoms with Crippen LogP contribution in [0, 0.1) is 0 Å². The van der Waals surface area contributed by atoms with Gasteiger partial charge in [-0.3, -0.25) is 4.79 Å². The van der Waals surface area contributed by atoms with Gasteiger partial charge in [0, 0.05) is 6.54 Å². The van der Waals surface area contributed by atoms with Gasteiger partial charge in [0.2, 0.25) is 5.09 Å². The van der Waals surface area contributed by atoms with Crippen LogP contribution >= 0.6 is 0 Å². The first kappa shape index (κ1) is 14.7. The number of esters is 1. The number of carbonyl (C=O) groups excluding carboxylic acids is 1. The van der Waals surface area contributed by atoms with Crippen molar-refractivity contribution >= 4 is 16.0 Å². The first-order valence-corrected chi connectivity index (χ1v) is 6.77. The Morgan fingerprint density at radius 3 is 2.78 bits per heavy atom. The zero-order chi connectivity index (χ0) is 13.6. The highest BCUT2D eigenvalue weighted by molar-refractivity contribution is 7.89. The molecule has 0 amide bonds. The Morgan fingerprint density at radius 1 is 1.44 bits per heavy atom. The molecule has 1 aromatic heterocycles. The number of furan rings is 1. The van der Waals surface area contributed by atoms with Crippen LogP contribution in [0.5, 0.6) is 0 Å². The highest BCUT2D eigenvalue weighted by atomic mass is 32.2. The molecule has 0 aliphatic rings. The number of sulfonamides is 1. The van der Waals surface area contributed by atoms with Crippen LogP contribution in [0.3, 0.4) is 0 Å². The lowest BCUT2D eigenvalue weighted by atomic mass is 10.4. The number of hydrogen-bond donors (Lipinski definition) is 2. The maximum absolute atomic E-state index is 11.4. The number of methoxy groups -OCH3 is 1. The van der Waals surface area contributed by atoms with Gasteiger partial charge in [0.25, 0.3) is 10.0 Å². The van der Waals surface area contributed by atoms with E-state index in [1.165, 1.54) is 20.2 Å². The minimum atomic E-state index is -3.54. The molecule has 0 saturated heterocycles. The Hall–Kier alpha value is -1.38. The quantitative estimate of drug-likeness (QED) is 0.530. The second-order valence-electron chi connectivity index (χ2n) is 3.43. The summed E-state index contributed by atoms with van der Waals surface area (Å²) in [4.78, 5) is 10.8. The van der Waals surface area contributed by atoms with Crippen LogP contribution in [0.4, 0.5) is 0 Å². The van der Waals surface area contributed by atoms with Gasteiger partial charge in [0.15, 0.2) is 0 Å². The normalized spacial score (nSPS) is 11.4. The van der Waals surface area contributed by atoms with E-state index < -0.39 is 10.0 Å². The molecule has 0 fully saturated rings. The third-order valence-corrected chi connectivity index (χ3v) is 3.49. The standard InChI is InChI=1S/C10H16N2O5S/c1-11-18(14,15)10-4-3-8(17-10)7-12-6-5-9(13)16-2/h3-4,11-12H,5-7H2,1-2H3. The van der Waals surface area contributed by atoms with Crippen molar-refractivity contribution in [1.29, 1.82) is 0 Å². The van der Waals surface area contributed by atoms with Crippen molar-refractivity contribution < 1.29 is 22.4 Å². The molecule has 0 atom stereocenters. The van der Waals surface area contributed by atoms with Crippen LogP contribution in [-0.2, 0) is 26.1 Å². The van der Waals surface area contributed by atoms with Crippen LogP contribution < -0.4 is 10.0 Å². The van der Waals surface area contributed by atoms with Gasteiger partial charge < -0.3 is 14.5 Å². The monoisotopic (exact) mass is 276 g/mol. The Labute approximate surface area is 106 Å². The maximum atomic E-state index is 11.4. The van der Waals surface area contributed by atoms with Crippen molar-refractivity contribution in [3.8, 4) is 0 Å². The zero-order valence-electron chi connectivity index (χ0n) is 10.2. The van der Waals surface area contributed by atoms with E-state index in [0.29, 0.717) is 18.8 Å². The molecule has 0 aromatic carbocycles. The molecule has 7 nitrogen and oxygen atoms in total. The van der Waals surface area contributed by atoms with E-state index in [0.717, 1.165) is 0 Å². The largest absolute Gasteiger partial charge is 0.469 e. The van der Waals surface area contributed by atoms with Gasteiger partial charge in [-0.05, 0) is 19.2 Å². The Kier molecular flexibility index (Phi) is 5.32. The van der Waals surface area contributed by atoms with Gasteiger partial charge in [0.05, 0.1) is 20.1 Å². The predicted octanol–water partition coefficient (Wildman–Crippen LogP) is -0.160. The van der Waals surface area contributed by atoms with Crippen molar-refractivity contribution in [1.82, 2.24) is 10.0 Å². The van der Waals surface area contributed by atoms with Crippen LogP contribution in [0.15, 0.2) is 21.6 Å². The second kappa shape index (κ2) is 6.53. The summed E-state index contributed by atoms with van der Waals surface area (Å²) >= 11 is 0. The third-order valence-electron chi connectivity index (χ3n) is 2.20. The fourth-order valence-electron chi connectivity index (χ4n) is 1.20. The molecule has 1 aromatic rings. The fraction of sp³-hybridized carbons (Fsp3) is 0.500. The molecule has 0 spiro atoms. The molecule has 102 valence electrons. The lowest BCUT2D eigenvalue weighted by Gasteiger charge is -2.01. The molecule has 0 aliphatic carbocycles. The smallest absolute Gasteiger partial charge is 0.306 e. The van der Waals surface area contributed by atoms with E-state index in [1.54, 1.807) is 6.07 Å². The highest BCUT2D eigenvalue weighted by Crippen LogP contribution is 2.12. The SMILES string of the molecule is CNS(=O)(=O)c1ccc(CNCCC(=O)OC)o1. The summed E-state index contributed by atoms with van der Waals surface area (Å²) in [6.07, 6.45) is 0.249. The molecule has 18 heavy (non-hydrogen) atoms. The van der Waals surface area contributed by atoms with Crippen molar-refractivity contribution in [3.63, 3.8) is 0 Å². The van der Waals surface area contributed by atoms with Gasteiger partial charge in [-0.25, -0.2) is 13.1 Å². The van der Waals surface area contributed by atoms with Crippen molar-refractivity contribution in [2.24, 2.45) is 0 Å². The first-order chi connectivity index (χ1) is 8.49. The Morgan fingerprint density at radius 2 is 2.17 bits per heavy atom. The lowest BCUT2D eigenvalue weighted by Crippen LogP contribution is -2.19. The number of nitrogens with one attached hydrogen (secondary N) is 2. The Balaban J connectivity index is 2.43. The van der Waals surface area contributed by atoms with E-state index in [-0.39, 0.29) is 17.5 Å². The number of rotatable bonds is 7. The van der Waals surface area contributed by atoms with Crippen molar-refractivity contribution in [3.05, 3.63) is 17.9 Å². The summed E-state index contributed by atoms with van der Waals surface area (Å²) < 4.78 is 34.5. The minimum Gasteiger partial charge on any atom is -0.469 e. The summed E-state index contributed by atoms with van der Waals surface area (Å²) in [5.41, 5.74) is 0. The predicted molar refractivity (Wildman–Crippen MR) is 63.3 cm³/mol. The summed E-state index contributed by atoms with van der Waals surface area (Å²) in [7, 11) is -0.909. The molecule has 0 radical (unpaired) electrons. The lowest BCUT2D eigenvalue weighted by molar-refractivity contribution is -0.140. The van der Waals surface area contributed by atoms with Crippen molar-refractivity contribution in [2.45, 2.75) is 18.1 Å². The van der Waals surface area contributed by atoms with E-state index in [2.05, 4.69) is 14.8 Å². The number of ether oxygens (including phenoxy) is 1.